The Hall–Kier alpha value is -2.00. The Labute approximate surface area is 180 Å². The Morgan fingerprint density at radius 2 is 1.52 bits per heavy atom. The number of carbonyl (C=O) groups is 1. The number of benzene rings is 2. The van der Waals surface area contributed by atoms with Gasteiger partial charge in [0.2, 0.25) is 0 Å². The SMILES string of the molecule is CC(=Cc1ccc(SC(=O)N(C)C)cc1)c1ccc2c(c1)C(C)(C)CCC2(C)C. The van der Waals surface area contributed by atoms with Crippen LogP contribution in [-0.2, 0) is 10.8 Å². The minimum absolute atomic E-state index is 0.0454. The van der Waals surface area contributed by atoms with Crippen molar-refractivity contribution < 1.29 is 4.79 Å². The first-order valence-corrected chi connectivity index (χ1v) is 11.1. The molecule has 29 heavy (non-hydrogen) atoms. The first-order chi connectivity index (χ1) is 13.5. The molecule has 0 radical (unpaired) electrons. The van der Waals surface area contributed by atoms with Gasteiger partial charge in [-0.15, -0.1) is 0 Å². The van der Waals surface area contributed by atoms with Crippen molar-refractivity contribution in [2.45, 2.75) is 63.2 Å². The third kappa shape index (κ3) is 4.78. The molecule has 2 aromatic rings. The summed E-state index contributed by atoms with van der Waals surface area (Å²) in [5, 5.41) is 0.0454. The number of hydrogen-bond donors (Lipinski definition) is 0. The van der Waals surface area contributed by atoms with Crippen LogP contribution in [0.25, 0.3) is 11.6 Å². The second kappa shape index (κ2) is 8.02. The van der Waals surface area contributed by atoms with E-state index in [1.165, 1.54) is 46.9 Å². The quantitative estimate of drug-likeness (QED) is 0.391. The van der Waals surface area contributed by atoms with Gasteiger partial charge < -0.3 is 4.90 Å². The summed E-state index contributed by atoms with van der Waals surface area (Å²) in [6.07, 6.45) is 4.69. The molecule has 1 aliphatic rings. The maximum atomic E-state index is 11.9. The molecular weight excluding hydrogens is 374 g/mol. The van der Waals surface area contributed by atoms with Gasteiger partial charge in [0.1, 0.15) is 0 Å². The highest BCUT2D eigenvalue weighted by Gasteiger charge is 2.36. The van der Waals surface area contributed by atoms with E-state index in [0.29, 0.717) is 0 Å². The zero-order valence-corrected chi connectivity index (χ0v) is 19.6. The summed E-state index contributed by atoms with van der Waals surface area (Å²) in [5.41, 5.74) is 7.16. The third-order valence-corrected chi connectivity index (χ3v) is 7.19. The topological polar surface area (TPSA) is 20.3 Å². The van der Waals surface area contributed by atoms with E-state index in [4.69, 9.17) is 0 Å². The van der Waals surface area contributed by atoms with Crippen LogP contribution in [0.1, 0.15) is 69.7 Å². The van der Waals surface area contributed by atoms with Crippen LogP contribution < -0.4 is 0 Å². The van der Waals surface area contributed by atoms with Crippen molar-refractivity contribution >= 4 is 28.7 Å². The lowest BCUT2D eigenvalue weighted by molar-refractivity contribution is 0.241. The van der Waals surface area contributed by atoms with Crippen molar-refractivity contribution in [2.75, 3.05) is 14.1 Å². The van der Waals surface area contributed by atoms with Crippen LogP contribution in [0.15, 0.2) is 47.4 Å². The fraction of sp³-hybridized carbons (Fsp3) is 0.423. The molecule has 0 N–H and O–H groups in total. The molecule has 154 valence electrons. The van der Waals surface area contributed by atoms with E-state index in [9.17, 15) is 4.79 Å². The largest absolute Gasteiger partial charge is 0.339 e. The first-order valence-electron chi connectivity index (χ1n) is 10.3. The van der Waals surface area contributed by atoms with Gasteiger partial charge >= 0.3 is 0 Å². The Morgan fingerprint density at radius 3 is 2.10 bits per heavy atom. The molecule has 1 amide bonds. The summed E-state index contributed by atoms with van der Waals surface area (Å²) >= 11 is 1.26. The van der Waals surface area contributed by atoms with E-state index in [1.807, 2.05) is 12.1 Å². The number of fused-ring (bicyclic) bond motifs is 1. The maximum absolute atomic E-state index is 11.9. The van der Waals surface area contributed by atoms with Crippen LogP contribution in [0.2, 0.25) is 0 Å². The van der Waals surface area contributed by atoms with Crippen molar-refractivity contribution in [2.24, 2.45) is 0 Å². The van der Waals surface area contributed by atoms with Crippen molar-refractivity contribution in [1.82, 2.24) is 4.90 Å². The smallest absolute Gasteiger partial charge is 0.285 e. The summed E-state index contributed by atoms with van der Waals surface area (Å²) in [6, 6.07) is 15.2. The van der Waals surface area contributed by atoms with Crippen LogP contribution in [0.3, 0.4) is 0 Å². The Balaban J connectivity index is 1.86. The van der Waals surface area contributed by atoms with Crippen LogP contribution in [0, 0.1) is 0 Å². The van der Waals surface area contributed by atoms with E-state index < -0.39 is 0 Å². The summed E-state index contributed by atoms with van der Waals surface area (Å²) in [5.74, 6) is 0. The molecule has 0 aromatic heterocycles. The Morgan fingerprint density at radius 1 is 0.931 bits per heavy atom. The van der Waals surface area contributed by atoms with Crippen LogP contribution in [0.5, 0.6) is 0 Å². The maximum Gasteiger partial charge on any atom is 0.285 e. The van der Waals surface area contributed by atoms with Crippen molar-refractivity contribution in [3.8, 4) is 0 Å². The average molecular weight is 408 g/mol. The molecule has 2 aromatic carbocycles. The lowest BCUT2D eigenvalue weighted by atomic mass is 9.63. The van der Waals surface area contributed by atoms with Crippen LogP contribution in [0.4, 0.5) is 4.79 Å². The molecule has 3 rings (SSSR count). The summed E-state index contributed by atoms with van der Waals surface area (Å²) in [4.78, 5) is 14.4. The van der Waals surface area contributed by atoms with Gasteiger partial charge in [-0.25, -0.2) is 0 Å². The fourth-order valence-electron chi connectivity index (χ4n) is 3.99. The lowest BCUT2D eigenvalue weighted by Crippen LogP contribution is -2.33. The number of allylic oxidation sites excluding steroid dienone is 1. The Kier molecular flexibility index (Phi) is 6.01. The van der Waals surface area contributed by atoms with Gasteiger partial charge in [-0.1, -0.05) is 64.1 Å². The minimum atomic E-state index is 0.0454. The zero-order valence-electron chi connectivity index (χ0n) is 18.8. The molecular formula is C26H33NOS. The molecule has 0 unspecified atom stereocenters. The predicted octanol–water partition coefficient (Wildman–Crippen LogP) is 7.37. The molecule has 0 spiro atoms. The van der Waals surface area contributed by atoms with E-state index in [-0.39, 0.29) is 16.1 Å². The highest BCUT2D eigenvalue weighted by Crippen LogP contribution is 2.46. The molecule has 2 nitrogen and oxygen atoms in total. The second-order valence-corrected chi connectivity index (χ2v) is 10.7. The predicted molar refractivity (Wildman–Crippen MR) is 127 cm³/mol. The van der Waals surface area contributed by atoms with Gasteiger partial charge in [-0.3, -0.25) is 4.79 Å². The van der Waals surface area contributed by atoms with Gasteiger partial charge in [0.05, 0.1) is 0 Å². The summed E-state index contributed by atoms with van der Waals surface area (Å²) in [6.45, 7) is 11.7. The lowest BCUT2D eigenvalue weighted by Gasteiger charge is -2.42. The number of nitrogens with zero attached hydrogens (tertiary/aromatic N) is 1. The summed E-state index contributed by atoms with van der Waals surface area (Å²) < 4.78 is 0. The highest BCUT2D eigenvalue weighted by atomic mass is 32.2. The van der Waals surface area contributed by atoms with E-state index in [2.05, 4.69) is 71.0 Å². The molecule has 0 bridgehead atoms. The van der Waals surface area contributed by atoms with E-state index in [1.54, 1.807) is 19.0 Å². The van der Waals surface area contributed by atoms with E-state index >= 15 is 0 Å². The second-order valence-electron chi connectivity index (χ2n) is 9.69. The standard InChI is InChI=1S/C26H33NOS/c1-18(16-19-8-11-21(12-9-19)29-24(28)27(6)7)20-10-13-22-23(17-20)26(4,5)15-14-25(22,2)3/h8-13,16-17H,14-15H2,1-7H3. The molecule has 0 atom stereocenters. The molecule has 0 saturated carbocycles. The van der Waals surface area contributed by atoms with Gasteiger partial charge in [-0.2, -0.15) is 0 Å². The molecule has 0 fully saturated rings. The number of amides is 1. The zero-order chi connectivity index (χ0) is 21.4. The van der Waals surface area contributed by atoms with Gasteiger partial charge in [0.15, 0.2) is 0 Å². The fourth-order valence-corrected chi connectivity index (χ4v) is 4.65. The van der Waals surface area contributed by atoms with Crippen LogP contribution >= 0.6 is 11.8 Å². The average Bonchev–Trinajstić information content (AvgIpc) is 2.66. The van der Waals surface area contributed by atoms with Gasteiger partial charge in [-0.05, 0) is 82.3 Å². The third-order valence-electron chi connectivity index (χ3n) is 6.14. The number of carbonyl (C=O) groups excluding carboxylic acids is 1. The minimum Gasteiger partial charge on any atom is -0.339 e. The van der Waals surface area contributed by atoms with Gasteiger partial charge in [0.25, 0.3) is 5.24 Å². The van der Waals surface area contributed by atoms with Crippen molar-refractivity contribution in [1.29, 1.82) is 0 Å². The highest BCUT2D eigenvalue weighted by molar-refractivity contribution is 8.13. The normalized spacial score (nSPS) is 17.6. The molecule has 0 aliphatic heterocycles. The van der Waals surface area contributed by atoms with Crippen molar-refractivity contribution in [3.63, 3.8) is 0 Å². The van der Waals surface area contributed by atoms with Gasteiger partial charge in [0, 0.05) is 19.0 Å². The first kappa shape index (κ1) is 21.7. The molecule has 1 aliphatic carbocycles. The Bertz CT molecular complexity index is 936. The molecule has 3 heteroatoms. The van der Waals surface area contributed by atoms with Crippen LogP contribution in [-0.4, -0.2) is 24.2 Å². The summed E-state index contributed by atoms with van der Waals surface area (Å²) in [7, 11) is 3.55. The van der Waals surface area contributed by atoms with E-state index in [0.717, 1.165) is 10.5 Å². The molecule has 0 saturated heterocycles. The number of hydrogen-bond acceptors (Lipinski definition) is 2. The monoisotopic (exact) mass is 407 g/mol. The molecule has 0 heterocycles. The number of rotatable bonds is 3. The van der Waals surface area contributed by atoms with Crippen molar-refractivity contribution in [3.05, 3.63) is 64.7 Å². The number of thioether (sulfide) groups is 1.